The van der Waals surface area contributed by atoms with E-state index in [1.165, 1.54) is 12.1 Å². The Labute approximate surface area is 163 Å². The summed E-state index contributed by atoms with van der Waals surface area (Å²) in [5.41, 5.74) is 0.380. The van der Waals surface area contributed by atoms with Gasteiger partial charge in [-0.3, -0.25) is 4.98 Å². The zero-order valence-electron chi connectivity index (χ0n) is 15.2. The van der Waals surface area contributed by atoms with Gasteiger partial charge in [0.15, 0.2) is 5.82 Å². The SMILES string of the molecule is Cc1cc(Nc2nc(-c3cccc(C(F)(F)F)n3)nc(N3CC(O)C3)n2)ccn1. The van der Waals surface area contributed by atoms with Crippen LogP contribution in [0.2, 0.25) is 0 Å². The van der Waals surface area contributed by atoms with Crippen LogP contribution in [0.4, 0.5) is 30.8 Å². The fourth-order valence-corrected chi connectivity index (χ4v) is 2.76. The van der Waals surface area contributed by atoms with Crippen molar-refractivity contribution in [3.63, 3.8) is 0 Å². The zero-order valence-corrected chi connectivity index (χ0v) is 15.2. The number of hydrogen-bond donors (Lipinski definition) is 2. The van der Waals surface area contributed by atoms with Crippen LogP contribution in [-0.2, 0) is 6.18 Å². The third-order valence-electron chi connectivity index (χ3n) is 4.19. The van der Waals surface area contributed by atoms with Gasteiger partial charge >= 0.3 is 6.18 Å². The fourth-order valence-electron chi connectivity index (χ4n) is 2.76. The maximum Gasteiger partial charge on any atom is 0.433 e. The van der Waals surface area contributed by atoms with Gasteiger partial charge in [-0.15, -0.1) is 0 Å². The number of rotatable bonds is 4. The molecule has 3 aromatic rings. The van der Waals surface area contributed by atoms with Crippen molar-refractivity contribution in [1.82, 2.24) is 24.9 Å². The molecule has 0 bridgehead atoms. The number of pyridine rings is 2. The molecule has 3 aromatic heterocycles. The predicted molar refractivity (Wildman–Crippen MR) is 98.5 cm³/mol. The standard InChI is InChI=1S/C18H16F3N7O/c1-10-7-11(5-6-22-10)23-16-25-15(26-17(27-16)28-8-12(29)9-28)13-3-2-4-14(24-13)18(19,20)21/h2-7,12,29H,8-9H2,1H3,(H,22,23,25,26,27). The van der Waals surface area contributed by atoms with Crippen molar-refractivity contribution >= 4 is 17.6 Å². The highest BCUT2D eigenvalue weighted by molar-refractivity contribution is 5.59. The van der Waals surface area contributed by atoms with Gasteiger partial charge in [0.25, 0.3) is 0 Å². The highest BCUT2D eigenvalue weighted by atomic mass is 19.4. The molecule has 0 aromatic carbocycles. The topological polar surface area (TPSA) is 100.0 Å². The van der Waals surface area contributed by atoms with E-state index in [9.17, 15) is 18.3 Å². The van der Waals surface area contributed by atoms with Crippen LogP contribution in [0.1, 0.15) is 11.4 Å². The smallest absolute Gasteiger partial charge is 0.389 e. The quantitative estimate of drug-likeness (QED) is 0.686. The lowest BCUT2D eigenvalue weighted by Gasteiger charge is -2.35. The molecule has 0 aliphatic carbocycles. The van der Waals surface area contributed by atoms with Crippen molar-refractivity contribution in [2.24, 2.45) is 0 Å². The Morgan fingerprint density at radius 1 is 1.10 bits per heavy atom. The largest absolute Gasteiger partial charge is 0.433 e. The minimum absolute atomic E-state index is 0.00392. The number of aryl methyl sites for hydroxylation is 1. The third kappa shape index (κ3) is 4.24. The maximum absolute atomic E-state index is 13.0. The summed E-state index contributed by atoms with van der Waals surface area (Å²) in [5, 5.41) is 12.6. The Morgan fingerprint density at radius 3 is 2.59 bits per heavy atom. The molecule has 150 valence electrons. The van der Waals surface area contributed by atoms with E-state index in [1.807, 2.05) is 6.92 Å². The van der Waals surface area contributed by atoms with Crippen LogP contribution in [0, 0.1) is 6.92 Å². The monoisotopic (exact) mass is 403 g/mol. The Bertz CT molecular complexity index is 1040. The number of alkyl halides is 3. The van der Waals surface area contributed by atoms with E-state index in [0.717, 1.165) is 11.8 Å². The summed E-state index contributed by atoms with van der Waals surface area (Å²) in [5.74, 6) is 0.389. The van der Waals surface area contributed by atoms with Crippen molar-refractivity contribution < 1.29 is 18.3 Å². The highest BCUT2D eigenvalue weighted by Crippen LogP contribution is 2.29. The Hall–Kier alpha value is -3.34. The summed E-state index contributed by atoms with van der Waals surface area (Å²) in [6.07, 6.45) is -3.47. The third-order valence-corrected chi connectivity index (χ3v) is 4.19. The molecular weight excluding hydrogens is 387 g/mol. The first-order valence-corrected chi connectivity index (χ1v) is 8.71. The lowest BCUT2D eigenvalue weighted by molar-refractivity contribution is -0.141. The number of halogens is 3. The van der Waals surface area contributed by atoms with Crippen LogP contribution in [0.25, 0.3) is 11.5 Å². The second kappa shape index (κ2) is 7.24. The molecule has 1 fully saturated rings. The van der Waals surface area contributed by atoms with Gasteiger partial charge in [-0.1, -0.05) is 6.07 Å². The molecule has 0 unspecified atom stereocenters. The number of nitrogens with zero attached hydrogens (tertiary/aromatic N) is 6. The summed E-state index contributed by atoms with van der Waals surface area (Å²) in [6, 6.07) is 7.03. The fraction of sp³-hybridized carbons (Fsp3) is 0.278. The molecule has 0 saturated carbocycles. The van der Waals surface area contributed by atoms with Crippen molar-refractivity contribution in [3.05, 3.63) is 47.9 Å². The first-order chi connectivity index (χ1) is 13.8. The Morgan fingerprint density at radius 2 is 1.90 bits per heavy atom. The molecule has 1 aliphatic rings. The first-order valence-electron chi connectivity index (χ1n) is 8.71. The van der Waals surface area contributed by atoms with Crippen LogP contribution >= 0.6 is 0 Å². The van der Waals surface area contributed by atoms with Gasteiger partial charge in [-0.25, -0.2) is 4.98 Å². The molecule has 1 saturated heterocycles. The number of aliphatic hydroxyl groups is 1. The predicted octanol–water partition coefficient (Wildman–Crippen LogP) is 2.58. The van der Waals surface area contributed by atoms with Crippen molar-refractivity contribution in [2.75, 3.05) is 23.3 Å². The summed E-state index contributed by atoms with van der Waals surface area (Å²) in [7, 11) is 0. The molecule has 4 heterocycles. The normalized spacial score (nSPS) is 14.6. The average Bonchev–Trinajstić information content (AvgIpc) is 2.65. The molecular formula is C18H16F3N7O. The van der Waals surface area contributed by atoms with Gasteiger partial charge in [0, 0.05) is 30.7 Å². The van der Waals surface area contributed by atoms with E-state index in [0.29, 0.717) is 18.8 Å². The molecule has 1 aliphatic heterocycles. The lowest BCUT2D eigenvalue weighted by atomic mass is 10.2. The molecule has 4 rings (SSSR count). The van der Waals surface area contributed by atoms with E-state index in [2.05, 4.69) is 30.2 Å². The molecule has 11 heteroatoms. The van der Waals surface area contributed by atoms with Gasteiger partial charge in [0.2, 0.25) is 11.9 Å². The van der Waals surface area contributed by atoms with Crippen LogP contribution in [0.15, 0.2) is 36.5 Å². The zero-order chi connectivity index (χ0) is 20.6. The number of aliphatic hydroxyl groups excluding tert-OH is 1. The number of β-amino-alcohol motifs (C(OH)–C–C–N with tert-alkyl or cyclic N) is 1. The second-order valence-corrected chi connectivity index (χ2v) is 6.56. The van der Waals surface area contributed by atoms with Gasteiger partial charge < -0.3 is 15.3 Å². The van der Waals surface area contributed by atoms with Gasteiger partial charge in [-0.05, 0) is 31.2 Å². The van der Waals surface area contributed by atoms with E-state index >= 15 is 0 Å². The van der Waals surface area contributed by atoms with Crippen LogP contribution in [0.5, 0.6) is 0 Å². The highest BCUT2D eigenvalue weighted by Gasteiger charge is 2.33. The first kappa shape index (κ1) is 19.0. The Kier molecular flexibility index (Phi) is 4.74. The molecule has 0 spiro atoms. The summed E-state index contributed by atoms with van der Waals surface area (Å²) in [6.45, 7) is 2.48. The van der Waals surface area contributed by atoms with E-state index < -0.39 is 18.0 Å². The molecule has 0 atom stereocenters. The van der Waals surface area contributed by atoms with Crippen molar-refractivity contribution in [2.45, 2.75) is 19.2 Å². The minimum Gasteiger partial charge on any atom is -0.389 e. The number of anilines is 3. The van der Waals surface area contributed by atoms with Crippen molar-refractivity contribution in [1.29, 1.82) is 0 Å². The van der Waals surface area contributed by atoms with E-state index in [-0.39, 0.29) is 23.4 Å². The van der Waals surface area contributed by atoms with E-state index in [4.69, 9.17) is 0 Å². The number of hydrogen-bond acceptors (Lipinski definition) is 8. The van der Waals surface area contributed by atoms with E-state index in [1.54, 1.807) is 23.2 Å². The summed E-state index contributed by atoms with van der Waals surface area (Å²) in [4.78, 5) is 22.3. The maximum atomic E-state index is 13.0. The van der Waals surface area contributed by atoms with Crippen molar-refractivity contribution in [3.8, 4) is 11.5 Å². The summed E-state index contributed by atoms with van der Waals surface area (Å²) < 4.78 is 39.1. The van der Waals surface area contributed by atoms with Crippen LogP contribution in [0.3, 0.4) is 0 Å². The molecule has 8 nitrogen and oxygen atoms in total. The lowest BCUT2D eigenvalue weighted by Crippen LogP contribution is -2.51. The molecule has 29 heavy (non-hydrogen) atoms. The van der Waals surface area contributed by atoms with Gasteiger partial charge in [-0.2, -0.15) is 28.1 Å². The molecule has 0 radical (unpaired) electrons. The Balaban J connectivity index is 1.74. The molecule has 2 N–H and O–H groups in total. The van der Waals surface area contributed by atoms with Gasteiger partial charge in [0.1, 0.15) is 11.4 Å². The van der Waals surface area contributed by atoms with Gasteiger partial charge in [0.05, 0.1) is 6.10 Å². The average molecular weight is 403 g/mol. The van der Waals surface area contributed by atoms with Crippen LogP contribution in [-0.4, -0.2) is 49.2 Å². The minimum atomic E-state index is -4.58. The number of aromatic nitrogens is 5. The number of nitrogens with one attached hydrogen (secondary N) is 1. The molecule has 0 amide bonds. The summed E-state index contributed by atoms with van der Waals surface area (Å²) >= 11 is 0. The second-order valence-electron chi connectivity index (χ2n) is 6.56. The van der Waals surface area contributed by atoms with Crippen LogP contribution < -0.4 is 10.2 Å².